The van der Waals surface area contributed by atoms with E-state index in [4.69, 9.17) is 0 Å². The van der Waals surface area contributed by atoms with Gasteiger partial charge in [0.05, 0.1) is 0 Å². The Morgan fingerprint density at radius 1 is 0.682 bits per heavy atom. The smallest absolute Gasteiger partial charge is 0.171 e. The molecule has 0 aliphatic carbocycles. The summed E-state index contributed by atoms with van der Waals surface area (Å²) < 4.78 is 2.40. The third-order valence-electron chi connectivity index (χ3n) is 4.19. The highest BCUT2D eigenvalue weighted by atomic mass is 15.0. The SMILES string of the molecule is C1=[N+](Cc2ccccc2)Cc2ccccc2-c2ccccc21. The third kappa shape index (κ3) is 2.46. The van der Waals surface area contributed by atoms with Crippen LogP contribution in [0.25, 0.3) is 11.1 Å². The molecule has 0 saturated heterocycles. The minimum atomic E-state index is 0.934. The van der Waals surface area contributed by atoms with Gasteiger partial charge in [-0.15, -0.1) is 0 Å². The van der Waals surface area contributed by atoms with Gasteiger partial charge >= 0.3 is 0 Å². The Balaban J connectivity index is 1.81. The molecule has 1 heterocycles. The van der Waals surface area contributed by atoms with Gasteiger partial charge in [0.15, 0.2) is 19.3 Å². The van der Waals surface area contributed by atoms with Gasteiger partial charge in [-0.25, -0.2) is 4.58 Å². The summed E-state index contributed by atoms with van der Waals surface area (Å²) in [5.74, 6) is 0. The molecular formula is C21H18N+. The van der Waals surface area contributed by atoms with Crippen LogP contribution in [0.1, 0.15) is 16.7 Å². The maximum atomic E-state index is 2.40. The van der Waals surface area contributed by atoms with Gasteiger partial charge in [0.25, 0.3) is 0 Å². The van der Waals surface area contributed by atoms with Crippen LogP contribution in [0.5, 0.6) is 0 Å². The first-order valence-electron chi connectivity index (χ1n) is 7.70. The van der Waals surface area contributed by atoms with Gasteiger partial charge in [0.1, 0.15) is 0 Å². The van der Waals surface area contributed by atoms with E-state index >= 15 is 0 Å². The first-order chi connectivity index (χ1) is 10.9. The van der Waals surface area contributed by atoms with Crippen LogP contribution in [0, 0.1) is 0 Å². The van der Waals surface area contributed by atoms with Crippen molar-refractivity contribution in [2.45, 2.75) is 13.1 Å². The van der Waals surface area contributed by atoms with E-state index in [1.165, 1.54) is 27.8 Å². The van der Waals surface area contributed by atoms with Crippen LogP contribution in [0.15, 0.2) is 78.9 Å². The Morgan fingerprint density at radius 2 is 1.36 bits per heavy atom. The van der Waals surface area contributed by atoms with Gasteiger partial charge in [-0.2, -0.15) is 0 Å². The summed E-state index contributed by atoms with van der Waals surface area (Å²) in [7, 11) is 0. The molecular weight excluding hydrogens is 266 g/mol. The van der Waals surface area contributed by atoms with Crippen LogP contribution >= 0.6 is 0 Å². The monoisotopic (exact) mass is 284 g/mol. The maximum absolute atomic E-state index is 2.40. The van der Waals surface area contributed by atoms with Gasteiger partial charge < -0.3 is 0 Å². The first-order valence-corrected chi connectivity index (χ1v) is 7.70. The zero-order valence-corrected chi connectivity index (χ0v) is 12.4. The number of fused-ring (bicyclic) bond motifs is 3. The van der Waals surface area contributed by atoms with E-state index in [1.807, 2.05) is 0 Å². The number of nitrogens with zero attached hydrogens (tertiary/aromatic N) is 1. The van der Waals surface area contributed by atoms with Crippen molar-refractivity contribution < 1.29 is 4.58 Å². The molecule has 1 aliphatic rings. The zero-order valence-electron chi connectivity index (χ0n) is 12.4. The third-order valence-corrected chi connectivity index (χ3v) is 4.19. The molecule has 0 amide bonds. The van der Waals surface area contributed by atoms with Crippen molar-refractivity contribution in [3.8, 4) is 11.1 Å². The van der Waals surface area contributed by atoms with Gasteiger partial charge in [0.2, 0.25) is 0 Å². The second kappa shape index (κ2) is 5.61. The molecule has 0 unspecified atom stereocenters. The molecule has 4 rings (SSSR count). The van der Waals surface area contributed by atoms with E-state index < -0.39 is 0 Å². The molecule has 0 bridgehead atoms. The van der Waals surface area contributed by atoms with Crippen LogP contribution in [0.3, 0.4) is 0 Å². The lowest BCUT2D eigenvalue weighted by molar-refractivity contribution is -0.554. The standard InChI is InChI=1S/C21H18N/c1-2-8-17(9-3-1)14-22-15-18-10-4-6-12-20(18)21-13-7-5-11-19(21)16-22/h1-13,15H,14,16H2/q+1. The summed E-state index contributed by atoms with van der Waals surface area (Å²) in [5.41, 5.74) is 6.71. The van der Waals surface area contributed by atoms with Crippen LogP contribution in [0.4, 0.5) is 0 Å². The zero-order chi connectivity index (χ0) is 14.8. The Kier molecular flexibility index (Phi) is 3.32. The second-order valence-electron chi connectivity index (χ2n) is 5.76. The first kappa shape index (κ1) is 13.0. The predicted molar refractivity (Wildman–Crippen MR) is 91.2 cm³/mol. The van der Waals surface area contributed by atoms with Crippen LogP contribution < -0.4 is 0 Å². The molecule has 22 heavy (non-hydrogen) atoms. The Morgan fingerprint density at radius 3 is 2.23 bits per heavy atom. The van der Waals surface area contributed by atoms with E-state index in [1.54, 1.807) is 0 Å². The molecule has 1 nitrogen and oxygen atoms in total. The Hall–Kier alpha value is -2.67. The summed E-state index contributed by atoms with van der Waals surface area (Å²) in [6.07, 6.45) is 2.29. The van der Waals surface area contributed by atoms with E-state index in [-0.39, 0.29) is 0 Å². The molecule has 0 N–H and O–H groups in total. The van der Waals surface area contributed by atoms with Gasteiger partial charge in [-0.3, -0.25) is 0 Å². The minimum absolute atomic E-state index is 0.934. The molecule has 0 aromatic heterocycles. The maximum Gasteiger partial charge on any atom is 0.171 e. The summed E-state index contributed by atoms with van der Waals surface area (Å²) in [5, 5.41) is 0. The average Bonchev–Trinajstić information content (AvgIpc) is 2.72. The highest BCUT2D eigenvalue weighted by Gasteiger charge is 2.18. The van der Waals surface area contributed by atoms with E-state index in [0.29, 0.717) is 0 Å². The topological polar surface area (TPSA) is 3.01 Å². The van der Waals surface area contributed by atoms with Crippen molar-refractivity contribution in [3.63, 3.8) is 0 Å². The fourth-order valence-electron chi connectivity index (χ4n) is 3.16. The Labute approximate surface area is 131 Å². The lowest BCUT2D eigenvalue weighted by atomic mass is 9.97. The number of benzene rings is 3. The predicted octanol–water partition coefficient (Wildman–Crippen LogP) is 4.50. The fourth-order valence-corrected chi connectivity index (χ4v) is 3.16. The van der Waals surface area contributed by atoms with Crippen molar-refractivity contribution in [3.05, 3.63) is 95.6 Å². The van der Waals surface area contributed by atoms with E-state index in [0.717, 1.165) is 13.1 Å². The van der Waals surface area contributed by atoms with Gasteiger partial charge in [-0.05, 0) is 17.2 Å². The van der Waals surface area contributed by atoms with Crippen molar-refractivity contribution in [1.82, 2.24) is 0 Å². The normalized spacial score (nSPS) is 12.8. The summed E-state index contributed by atoms with van der Waals surface area (Å²) in [6.45, 7) is 1.88. The molecule has 0 spiro atoms. The highest BCUT2D eigenvalue weighted by molar-refractivity contribution is 5.89. The number of hydrogen-bond donors (Lipinski definition) is 0. The largest absolute Gasteiger partial charge is 0.227 e. The second-order valence-corrected chi connectivity index (χ2v) is 5.76. The van der Waals surface area contributed by atoms with Crippen molar-refractivity contribution in [2.24, 2.45) is 0 Å². The van der Waals surface area contributed by atoms with Crippen molar-refractivity contribution in [1.29, 1.82) is 0 Å². The summed E-state index contributed by atoms with van der Waals surface area (Å²) in [4.78, 5) is 0. The van der Waals surface area contributed by atoms with Crippen LogP contribution in [-0.4, -0.2) is 10.8 Å². The highest BCUT2D eigenvalue weighted by Crippen LogP contribution is 2.29. The molecule has 3 aromatic carbocycles. The van der Waals surface area contributed by atoms with Crippen LogP contribution in [0.2, 0.25) is 0 Å². The molecule has 0 saturated carbocycles. The molecule has 1 aliphatic heterocycles. The molecule has 0 atom stereocenters. The Bertz CT molecular complexity index is 831. The molecule has 0 radical (unpaired) electrons. The van der Waals surface area contributed by atoms with Gasteiger partial charge in [0, 0.05) is 16.7 Å². The van der Waals surface area contributed by atoms with Crippen molar-refractivity contribution >= 4 is 6.21 Å². The summed E-state index contributed by atoms with van der Waals surface area (Å²) >= 11 is 0. The minimum Gasteiger partial charge on any atom is -0.227 e. The van der Waals surface area contributed by atoms with Gasteiger partial charge in [-0.1, -0.05) is 72.8 Å². The fraction of sp³-hybridized carbons (Fsp3) is 0.0952. The number of rotatable bonds is 2. The van der Waals surface area contributed by atoms with Crippen LogP contribution in [-0.2, 0) is 13.1 Å². The molecule has 1 heteroatoms. The summed E-state index contributed by atoms with van der Waals surface area (Å²) in [6, 6.07) is 28.1. The number of hydrogen-bond acceptors (Lipinski definition) is 0. The average molecular weight is 284 g/mol. The van der Waals surface area contributed by atoms with E-state index in [9.17, 15) is 0 Å². The lowest BCUT2D eigenvalue weighted by Crippen LogP contribution is -2.12. The van der Waals surface area contributed by atoms with Crippen molar-refractivity contribution in [2.75, 3.05) is 0 Å². The lowest BCUT2D eigenvalue weighted by Gasteiger charge is -2.06. The molecule has 3 aromatic rings. The molecule has 106 valence electrons. The van der Waals surface area contributed by atoms with E-state index in [2.05, 4.69) is 89.7 Å². The molecule has 0 fully saturated rings. The quantitative estimate of drug-likeness (QED) is 0.610.